The van der Waals surface area contributed by atoms with Gasteiger partial charge in [-0.1, -0.05) is 25.4 Å². The monoisotopic (exact) mass is 363 g/mol. The summed E-state index contributed by atoms with van der Waals surface area (Å²) < 4.78 is 31.7. The van der Waals surface area contributed by atoms with Crippen LogP contribution in [0.3, 0.4) is 0 Å². The van der Waals surface area contributed by atoms with Gasteiger partial charge in [0.15, 0.2) is 5.78 Å². The number of rotatable bonds is 4. The number of alkyl halides is 2. The molecule has 0 heterocycles. The van der Waals surface area contributed by atoms with Crippen LogP contribution in [0.1, 0.15) is 56.8 Å². The minimum absolute atomic E-state index is 0.0357. The van der Waals surface area contributed by atoms with Gasteiger partial charge < -0.3 is 4.74 Å². The van der Waals surface area contributed by atoms with Crippen molar-refractivity contribution in [3.63, 3.8) is 0 Å². The molecule has 24 heavy (non-hydrogen) atoms. The smallest absolute Gasteiger partial charge is 0.283 e. The molecule has 5 nitrogen and oxygen atoms in total. The van der Waals surface area contributed by atoms with Gasteiger partial charge >= 0.3 is 0 Å². The number of ether oxygens (including phenoxy) is 1. The average Bonchev–Trinajstić information content (AvgIpc) is 2.52. The fourth-order valence-corrected chi connectivity index (χ4v) is 2.59. The van der Waals surface area contributed by atoms with Crippen molar-refractivity contribution >= 4 is 23.1 Å². The van der Waals surface area contributed by atoms with Crippen LogP contribution in [0, 0.1) is 10.1 Å². The van der Waals surface area contributed by atoms with Crippen molar-refractivity contribution in [2.75, 3.05) is 0 Å². The summed E-state index contributed by atoms with van der Waals surface area (Å²) in [6.45, 7) is 5.20. The molecule has 2 rings (SSSR count). The number of halogens is 3. The van der Waals surface area contributed by atoms with E-state index in [0.29, 0.717) is 0 Å². The highest BCUT2D eigenvalue weighted by Gasteiger charge is 2.36. The van der Waals surface area contributed by atoms with E-state index in [1.165, 1.54) is 13.0 Å². The zero-order valence-electron chi connectivity index (χ0n) is 13.8. The number of carbonyl (C=O) groups excluding carboxylic acids is 1. The van der Waals surface area contributed by atoms with Crippen LogP contribution in [0.2, 0.25) is 5.02 Å². The number of nitro groups is 1. The Morgan fingerprint density at radius 1 is 1.33 bits per heavy atom. The molecule has 0 aliphatic heterocycles. The molecular formula is C16H20ClF2NO4. The maximum atomic E-state index is 13.1. The number of hydrogen-bond acceptors (Lipinski definition) is 4. The van der Waals surface area contributed by atoms with Crippen LogP contribution in [-0.2, 0) is 0 Å². The quantitative estimate of drug-likeness (QED) is 0.406. The van der Waals surface area contributed by atoms with Crippen molar-refractivity contribution in [2.45, 2.75) is 58.5 Å². The molecule has 1 aromatic carbocycles. The van der Waals surface area contributed by atoms with Crippen LogP contribution in [-0.4, -0.2) is 22.7 Å². The molecule has 0 unspecified atom stereocenters. The fourth-order valence-electron chi connectivity index (χ4n) is 2.38. The van der Waals surface area contributed by atoms with Crippen LogP contribution in [0.15, 0.2) is 12.1 Å². The lowest BCUT2D eigenvalue weighted by molar-refractivity contribution is -0.385. The van der Waals surface area contributed by atoms with Gasteiger partial charge in [0.05, 0.1) is 27.7 Å². The van der Waals surface area contributed by atoms with Gasteiger partial charge in [-0.05, 0) is 25.8 Å². The summed E-state index contributed by atoms with van der Waals surface area (Å²) in [6.07, 6.45) is -0.761. The van der Waals surface area contributed by atoms with E-state index in [9.17, 15) is 23.7 Å². The van der Waals surface area contributed by atoms with Crippen LogP contribution in [0.4, 0.5) is 14.5 Å². The summed E-state index contributed by atoms with van der Waals surface area (Å²) in [6, 6.07) is 2.25. The lowest BCUT2D eigenvalue weighted by Crippen LogP contribution is -2.30. The molecule has 1 fully saturated rings. The summed E-state index contributed by atoms with van der Waals surface area (Å²) >= 11 is 5.98. The first-order chi connectivity index (χ1) is 11.2. The highest BCUT2D eigenvalue weighted by atomic mass is 35.5. The Balaban J connectivity index is 0.00000139. The Labute approximate surface area is 144 Å². The number of ketones is 1. The lowest BCUT2D eigenvalue weighted by Gasteiger charge is -2.28. The predicted molar refractivity (Wildman–Crippen MR) is 87.3 cm³/mol. The summed E-state index contributed by atoms with van der Waals surface area (Å²) in [5, 5.41) is 11.1. The van der Waals surface area contributed by atoms with Crippen molar-refractivity contribution in [1.29, 1.82) is 0 Å². The molecule has 0 aromatic heterocycles. The van der Waals surface area contributed by atoms with Gasteiger partial charge in [-0.15, -0.1) is 0 Å². The second-order valence-corrected chi connectivity index (χ2v) is 5.69. The van der Waals surface area contributed by atoms with Crippen molar-refractivity contribution in [3.05, 3.63) is 32.8 Å². The third-order valence-corrected chi connectivity index (χ3v) is 3.88. The maximum absolute atomic E-state index is 13.1. The van der Waals surface area contributed by atoms with Crippen LogP contribution in [0.5, 0.6) is 5.75 Å². The van der Waals surface area contributed by atoms with E-state index >= 15 is 0 Å². The summed E-state index contributed by atoms with van der Waals surface area (Å²) in [4.78, 5) is 21.7. The maximum Gasteiger partial charge on any atom is 0.283 e. The normalized spacial score (nSPS) is 16.8. The summed E-state index contributed by atoms with van der Waals surface area (Å²) in [5.41, 5.74) is -0.523. The van der Waals surface area contributed by atoms with E-state index in [1.807, 2.05) is 13.8 Å². The second kappa shape index (κ2) is 8.37. The van der Waals surface area contributed by atoms with E-state index in [2.05, 4.69) is 0 Å². The highest BCUT2D eigenvalue weighted by Crippen LogP contribution is 2.38. The first-order valence-corrected chi connectivity index (χ1v) is 8.11. The van der Waals surface area contributed by atoms with Gasteiger partial charge in [-0.25, -0.2) is 8.78 Å². The Morgan fingerprint density at radius 3 is 2.33 bits per heavy atom. The third-order valence-electron chi connectivity index (χ3n) is 3.58. The molecular weight excluding hydrogens is 344 g/mol. The Hall–Kier alpha value is -1.76. The highest BCUT2D eigenvalue weighted by molar-refractivity contribution is 6.32. The first kappa shape index (κ1) is 20.3. The second-order valence-electron chi connectivity index (χ2n) is 5.29. The Kier molecular flexibility index (Phi) is 7.08. The summed E-state index contributed by atoms with van der Waals surface area (Å²) in [5.74, 6) is -3.14. The van der Waals surface area contributed by atoms with Gasteiger partial charge in [0.1, 0.15) is 5.75 Å². The molecule has 0 N–H and O–H groups in total. The van der Waals surface area contributed by atoms with E-state index in [0.717, 1.165) is 6.07 Å². The van der Waals surface area contributed by atoms with Gasteiger partial charge in [-0.3, -0.25) is 14.9 Å². The molecule has 1 aromatic rings. The number of nitrogens with zero attached hydrogens (tertiary/aromatic N) is 1. The minimum Gasteiger partial charge on any atom is -0.489 e. The SMILES string of the molecule is CC.CC(=O)c1cc(Cl)c(OC2CCC(F)(F)CC2)cc1[N+](=O)[O-]. The molecule has 0 saturated heterocycles. The zero-order valence-corrected chi connectivity index (χ0v) is 14.5. The third kappa shape index (κ3) is 5.12. The van der Waals surface area contributed by atoms with Gasteiger partial charge in [0.25, 0.3) is 5.69 Å². The Morgan fingerprint density at radius 2 is 1.88 bits per heavy atom. The average molecular weight is 364 g/mol. The van der Waals surface area contributed by atoms with Crippen LogP contribution >= 0.6 is 11.6 Å². The van der Waals surface area contributed by atoms with Crippen LogP contribution in [0.25, 0.3) is 0 Å². The van der Waals surface area contributed by atoms with Crippen LogP contribution < -0.4 is 4.74 Å². The van der Waals surface area contributed by atoms with Crippen molar-refractivity contribution in [2.24, 2.45) is 0 Å². The fraction of sp³-hybridized carbons (Fsp3) is 0.562. The van der Waals surface area contributed by atoms with E-state index < -0.39 is 28.4 Å². The van der Waals surface area contributed by atoms with Gasteiger partial charge in [0.2, 0.25) is 5.92 Å². The van der Waals surface area contributed by atoms with Crippen molar-refractivity contribution < 1.29 is 23.2 Å². The van der Waals surface area contributed by atoms with Gasteiger partial charge in [-0.2, -0.15) is 0 Å². The first-order valence-electron chi connectivity index (χ1n) is 7.73. The molecule has 8 heteroatoms. The number of carbonyl (C=O) groups is 1. The minimum atomic E-state index is -2.69. The Bertz CT molecular complexity index is 612. The largest absolute Gasteiger partial charge is 0.489 e. The number of hydrogen-bond donors (Lipinski definition) is 0. The van der Waals surface area contributed by atoms with Gasteiger partial charge in [0, 0.05) is 12.8 Å². The molecule has 0 amide bonds. The molecule has 0 atom stereocenters. The number of benzene rings is 1. The van der Waals surface area contributed by atoms with Crippen molar-refractivity contribution in [1.82, 2.24) is 0 Å². The molecule has 1 aliphatic rings. The summed E-state index contributed by atoms with van der Waals surface area (Å²) in [7, 11) is 0. The van der Waals surface area contributed by atoms with E-state index in [-0.39, 0.29) is 42.0 Å². The van der Waals surface area contributed by atoms with E-state index in [4.69, 9.17) is 16.3 Å². The van der Waals surface area contributed by atoms with Crippen molar-refractivity contribution in [3.8, 4) is 5.75 Å². The number of Topliss-reactive ketones (excluding diaryl/α,β-unsaturated/α-hetero) is 1. The molecule has 134 valence electrons. The topological polar surface area (TPSA) is 69.4 Å². The molecule has 0 bridgehead atoms. The standard InChI is InChI=1S/C14H14ClF2NO4.C2H6/c1-8(19)10-6-11(15)13(7-12(10)18(20)21)22-9-2-4-14(16,17)5-3-9;1-2/h6-7,9H,2-5H2,1H3;1-2H3. The predicted octanol–water partition coefficient (Wildman–Crippen LogP) is 5.43. The number of nitro benzene ring substituents is 1. The van der Waals surface area contributed by atoms with E-state index in [1.54, 1.807) is 0 Å². The molecule has 0 spiro atoms. The molecule has 0 radical (unpaired) electrons. The zero-order chi connectivity index (χ0) is 18.5. The molecule has 1 saturated carbocycles. The lowest BCUT2D eigenvalue weighted by atomic mass is 9.94. The molecule has 1 aliphatic carbocycles.